The molecule has 1 aromatic rings. The molecule has 0 aliphatic rings. The second kappa shape index (κ2) is 3.45. The Bertz CT molecular complexity index is 360. The van der Waals surface area contributed by atoms with Crippen molar-refractivity contribution in [3.63, 3.8) is 0 Å². The fourth-order valence-corrected chi connectivity index (χ4v) is 1.63. The van der Waals surface area contributed by atoms with E-state index in [0.717, 1.165) is 0 Å². The monoisotopic (exact) mass is 226 g/mol. The zero-order chi connectivity index (χ0) is 10.9. The van der Waals surface area contributed by atoms with Crippen LogP contribution < -0.4 is 5.73 Å². The van der Waals surface area contributed by atoms with Gasteiger partial charge in [0, 0.05) is 0 Å². The number of nitrogens with two attached hydrogens (primary N) is 1. The summed E-state index contributed by atoms with van der Waals surface area (Å²) in [5, 5.41) is 7.91. The summed E-state index contributed by atoms with van der Waals surface area (Å²) in [4.78, 5) is 13.7. The number of halogens is 3. The smallest absolute Gasteiger partial charge is 0.395 e. The number of aromatic carboxylic acids is 1. The second-order valence-corrected chi connectivity index (χ2v) is 3.53. The lowest BCUT2D eigenvalue weighted by atomic mass is 10.4. The van der Waals surface area contributed by atoms with Crippen LogP contribution >= 0.6 is 11.3 Å². The minimum absolute atomic E-state index is 0.211. The molecule has 8 heteroatoms. The van der Waals surface area contributed by atoms with Gasteiger partial charge in [-0.05, 0) is 0 Å². The highest BCUT2D eigenvalue weighted by atomic mass is 32.1. The molecule has 1 aromatic heterocycles. The van der Waals surface area contributed by atoms with Gasteiger partial charge in [-0.25, -0.2) is 9.78 Å². The summed E-state index contributed by atoms with van der Waals surface area (Å²) in [6, 6.07) is 0. The van der Waals surface area contributed by atoms with E-state index in [-0.39, 0.29) is 10.0 Å². The zero-order valence-electron chi connectivity index (χ0n) is 6.63. The fraction of sp³-hybridized carbons (Fsp3) is 0.333. The lowest BCUT2D eigenvalue weighted by Gasteiger charge is -2.01. The van der Waals surface area contributed by atoms with Crippen molar-refractivity contribution in [3.05, 3.63) is 10.7 Å². The number of nitrogen functional groups attached to an aromatic ring is 1. The molecule has 4 nitrogen and oxygen atoms in total. The molecule has 0 aliphatic carbocycles. The van der Waals surface area contributed by atoms with Crippen molar-refractivity contribution in [2.75, 3.05) is 5.73 Å². The number of aromatic nitrogens is 1. The highest BCUT2D eigenvalue weighted by Gasteiger charge is 2.30. The number of carbonyl (C=O) groups is 1. The molecule has 0 saturated carbocycles. The maximum atomic E-state index is 11.9. The van der Waals surface area contributed by atoms with E-state index in [0.29, 0.717) is 11.3 Å². The third-order valence-corrected chi connectivity index (χ3v) is 2.14. The molecular weight excluding hydrogens is 221 g/mol. The van der Waals surface area contributed by atoms with Crippen molar-refractivity contribution in [2.45, 2.75) is 12.6 Å². The van der Waals surface area contributed by atoms with Gasteiger partial charge in [0.1, 0.15) is 10.0 Å². The maximum Gasteiger partial charge on any atom is 0.395 e. The average Bonchev–Trinajstić information content (AvgIpc) is 2.26. The van der Waals surface area contributed by atoms with Gasteiger partial charge in [-0.15, -0.1) is 11.3 Å². The number of rotatable bonds is 2. The minimum Gasteiger partial charge on any atom is -0.476 e. The highest BCUT2D eigenvalue weighted by Crippen LogP contribution is 2.27. The van der Waals surface area contributed by atoms with Crippen LogP contribution in [0.25, 0.3) is 0 Å². The highest BCUT2D eigenvalue weighted by molar-refractivity contribution is 7.15. The van der Waals surface area contributed by atoms with Crippen LogP contribution in [0.15, 0.2) is 0 Å². The molecule has 0 bridgehead atoms. The van der Waals surface area contributed by atoms with Gasteiger partial charge in [0.15, 0.2) is 5.69 Å². The first kappa shape index (κ1) is 10.8. The number of anilines is 1. The first-order valence-electron chi connectivity index (χ1n) is 3.35. The molecule has 1 rings (SSSR count). The SMILES string of the molecule is Nc1sc(CC(F)(F)F)nc1C(=O)O. The van der Waals surface area contributed by atoms with Crippen LogP contribution in [0, 0.1) is 0 Å². The van der Waals surface area contributed by atoms with Gasteiger partial charge in [0.2, 0.25) is 0 Å². The van der Waals surface area contributed by atoms with E-state index in [1.54, 1.807) is 0 Å². The Kier molecular flexibility index (Phi) is 2.65. The summed E-state index contributed by atoms with van der Waals surface area (Å²) in [6.45, 7) is 0. The van der Waals surface area contributed by atoms with Crippen LogP contribution in [-0.4, -0.2) is 22.2 Å². The predicted octanol–water partition coefficient (Wildman–Crippen LogP) is 1.53. The summed E-state index contributed by atoms with van der Waals surface area (Å²) >= 11 is 0.535. The molecule has 0 amide bonds. The number of alkyl halides is 3. The molecule has 0 spiro atoms. The Hall–Kier alpha value is -1.31. The average molecular weight is 226 g/mol. The van der Waals surface area contributed by atoms with Gasteiger partial charge >= 0.3 is 12.1 Å². The van der Waals surface area contributed by atoms with Crippen LogP contribution in [0.2, 0.25) is 0 Å². The third-order valence-electron chi connectivity index (χ3n) is 1.25. The lowest BCUT2D eigenvalue weighted by Crippen LogP contribution is -2.11. The Balaban J connectivity index is 2.92. The van der Waals surface area contributed by atoms with Crippen LogP contribution in [0.5, 0.6) is 0 Å². The first-order valence-corrected chi connectivity index (χ1v) is 4.16. The van der Waals surface area contributed by atoms with Crippen LogP contribution in [0.1, 0.15) is 15.5 Å². The van der Waals surface area contributed by atoms with Crippen molar-refractivity contribution < 1.29 is 23.1 Å². The maximum absolute atomic E-state index is 11.9. The van der Waals surface area contributed by atoms with E-state index in [1.165, 1.54) is 0 Å². The molecule has 0 unspecified atom stereocenters. The minimum atomic E-state index is -4.40. The van der Waals surface area contributed by atoms with E-state index >= 15 is 0 Å². The standard InChI is InChI=1S/C6H5F3N2O2S/c7-6(8,9)1-2-11-3(5(12)13)4(10)14-2/h1,10H2,(H,12,13). The fourth-order valence-electron chi connectivity index (χ4n) is 0.778. The largest absolute Gasteiger partial charge is 0.476 e. The summed E-state index contributed by atoms with van der Waals surface area (Å²) in [7, 11) is 0. The van der Waals surface area contributed by atoms with Crippen LogP contribution in [-0.2, 0) is 6.42 Å². The van der Waals surface area contributed by atoms with Crippen molar-refractivity contribution in [3.8, 4) is 0 Å². The molecule has 0 aromatic carbocycles. The Morgan fingerprint density at radius 3 is 2.50 bits per heavy atom. The number of hydrogen-bond donors (Lipinski definition) is 2. The molecule has 78 valence electrons. The molecule has 0 radical (unpaired) electrons. The van der Waals surface area contributed by atoms with E-state index in [2.05, 4.69) is 4.98 Å². The van der Waals surface area contributed by atoms with Crippen molar-refractivity contribution in [1.82, 2.24) is 4.98 Å². The summed E-state index contributed by atoms with van der Waals surface area (Å²) < 4.78 is 35.6. The molecule has 0 atom stereocenters. The number of hydrogen-bond acceptors (Lipinski definition) is 4. The molecular formula is C6H5F3N2O2S. The van der Waals surface area contributed by atoms with Crippen molar-refractivity contribution in [2.24, 2.45) is 0 Å². The first-order chi connectivity index (χ1) is 6.29. The van der Waals surface area contributed by atoms with Gasteiger partial charge in [-0.1, -0.05) is 0 Å². The topological polar surface area (TPSA) is 76.2 Å². The van der Waals surface area contributed by atoms with Crippen molar-refractivity contribution in [1.29, 1.82) is 0 Å². The van der Waals surface area contributed by atoms with Gasteiger partial charge in [0.05, 0.1) is 6.42 Å². The van der Waals surface area contributed by atoms with Gasteiger partial charge in [-0.2, -0.15) is 13.2 Å². The summed E-state index contributed by atoms with van der Waals surface area (Å²) in [5.74, 6) is -1.42. The molecule has 0 fully saturated rings. The Morgan fingerprint density at radius 1 is 1.57 bits per heavy atom. The second-order valence-electron chi connectivity index (χ2n) is 2.42. The van der Waals surface area contributed by atoms with E-state index in [9.17, 15) is 18.0 Å². The van der Waals surface area contributed by atoms with Gasteiger partial charge < -0.3 is 10.8 Å². The molecule has 0 aliphatic heterocycles. The van der Waals surface area contributed by atoms with E-state index in [4.69, 9.17) is 10.8 Å². The summed E-state index contributed by atoms with van der Waals surface area (Å²) in [5.41, 5.74) is 4.65. The lowest BCUT2D eigenvalue weighted by molar-refractivity contribution is -0.127. The van der Waals surface area contributed by atoms with Crippen LogP contribution in [0.3, 0.4) is 0 Å². The normalized spacial score (nSPS) is 11.6. The van der Waals surface area contributed by atoms with Crippen LogP contribution in [0.4, 0.5) is 18.2 Å². The predicted molar refractivity (Wildman–Crippen MR) is 43.2 cm³/mol. The molecule has 3 N–H and O–H groups in total. The Morgan fingerprint density at radius 2 is 2.14 bits per heavy atom. The molecule has 14 heavy (non-hydrogen) atoms. The number of nitrogens with zero attached hydrogens (tertiary/aromatic N) is 1. The number of carboxylic acids is 1. The molecule has 0 saturated heterocycles. The number of carboxylic acid groups (broad SMARTS) is 1. The third kappa shape index (κ3) is 2.59. The zero-order valence-corrected chi connectivity index (χ0v) is 7.45. The number of thiazole rings is 1. The van der Waals surface area contributed by atoms with Gasteiger partial charge in [0.25, 0.3) is 0 Å². The van der Waals surface area contributed by atoms with Gasteiger partial charge in [-0.3, -0.25) is 0 Å². The van der Waals surface area contributed by atoms with Crippen molar-refractivity contribution >= 4 is 22.3 Å². The Labute approximate surface area is 80.2 Å². The summed E-state index contributed by atoms with van der Waals surface area (Å²) in [6.07, 6.45) is -5.66. The molecule has 1 heterocycles. The van der Waals surface area contributed by atoms with E-state index in [1.807, 2.05) is 0 Å². The quantitative estimate of drug-likeness (QED) is 0.801. The van der Waals surface area contributed by atoms with E-state index < -0.39 is 24.3 Å².